The number of nitrogens with zero attached hydrogens (tertiary/aromatic N) is 2. The summed E-state index contributed by atoms with van der Waals surface area (Å²) in [7, 11) is 3.06. The number of thioether (sulfide) groups is 1. The van der Waals surface area contributed by atoms with Crippen molar-refractivity contribution >= 4 is 23.4 Å². The van der Waals surface area contributed by atoms with E-state index in [1.807, 2.05) is 0 Å². The van der Waals surface area contributed by atoms with E-state index in [4.69, 9.17) is 9.47 Å². The summed E-state index contributed by atoms with van der Waals surface area (Å²) in [5, 5.41) is 12.9. The van der Waals surface area contributed by atoms with Crippen LogP contribution in [0.5, 0.6) is 17.4 Å². The molecule has 150 valence electrons. The quantitative estimate of drug-likeness (QED) is 0.539. The number of amides is 1. The van der Waals surface area contributed by atoms with Gasteiger partial charge in [0.1, 0.15) is 11.5 Å². The van der Waals surface area contributed by atoms with Crippen molar-refractivity contribution in [2.45, 2.75) is 36.9 Å². The molecule has 0 unspecified atom stereocenters. The molecule has 0 atom stereocenters. The predicted octanol–water partition coefficient (Wildman–Crippen LogP) is 2.81. The van der Waals surface area contributed by atoms with Gasteiger partial charge in [-0.1, -0.05) is 24.6 Å². The molecule has 1 fully saturated rings. The van der Waals surface area contributed by atoms with Crippen LogP contribution < -0.4 is 20.3 Å². The average molecular weight is 405 g/mol. The third kappa shape index (κ3) is 4.59. The van der Waals surface area contributed by atoms with Crippen LogP contribution in [0.4, 0.5) is 5.69 Å². The van der Waals surface area contributed by atoms with Gasteiger partial charge in [-0.25, -0.2) is 0 Å². The highest BCUT2D eigenvalue weighted by atomic mass is 32.2. The lowest BCUT2D eigenvalue weighted by Gasteiger charge is -2.17. The minimum atomic E-state index is -0.336. The number of aromatic nitrogens is 2. The second-order valence-electron chi connectivity index (χ2n) is 6.45. The molecule has 1 aromatic heterocycles. The zero-order valence-electron chi connectivity index (χ0n) is 15.8. The number of aromatic hydroxyl groups is 1. The van der Waals surface area contributed by atoms with Crippen molar-refractivity contribution in [3.05, 3.63) is 34.6 Å². The molecule has 1 heterocycles. The second-order valence-corrected chi connectivity index (χ2v) is 7.39. The van der Waals surface area contributed by atoms with Gasteiger partial charge in [-0.15, -0.1) is 0 Å². The number of nitrogens with one attached hydrogen (secondary N) is 1. The molecule has 0 saturated heterocycles. The van der Waals surface area contributed by atoms with Crippen LogP contribution in [0.3, 0.4) is 0 Å². The number of anilines is 1. The molecule has 1 aromatic carbocycles. The molecule has 1 aliphatic carbocycles. The SMILES string of the molecule is COc1ccc(OC)c(NC(=O)CSc2nc(O)cc(=O)n2C2CCCC2)c1. The Bertz CT molecular complexity index is 909. The largest absolute Gasteiger partial charge is 0.497 e. The van der Waals surface area contributed by atoms with E-state index in [1.165, 1.54) is 7.11 Å². The van der Waals surface area contributed by atoms with E-state index >= 15 is 0 Å². The molecular formula is C19H23N3O5S. The third-order valence-electron chi connectivity index (χ3n) is 4.61. The molecule has 1 aliphatic rings. The van der Waals surface area contributed by atoms with Crippen LogP contribution in [0.15, 0.2) is 34.2 Å². The van der Waals surface area contributed by atoms with Gasteiger partial charge in [-0.3, -0.25) is 14.2 Å². The van der Waals surface area contributed by atoms with Crippen LogP contribution >= 0.6 is 11.8 Å². The van der Waals surface area contributed by atoms with Crippen LogP contribution in [-0.4, -0.2) is 40.5 Å². The lowest BCUT2D eigenvalue weighted by atomic mass is 10.2. The maximum atomic E-state index is 12.5. The average Bonchev–Trinajstić information content (AvgIpc) is 3.20. The Kier molecular flexibility index (Phi) is 6.45. The standard InChI is InChI=1S/C19H23N3O5S/c1-26-13-7-8-15(27-2)14(9-13)20-17(24)11-28-19-21-16(23)10-18(25)22(19)12-5-3-4-6-12/h7-10,12,23H,3-6,11H2,1-2H3,(H,20,24). The van der Waals surface area contributed by atoms with Crippen molar-refractivity contribution in [3.63, 3.8) is 0 Å². The van der Waals surface area contributed by atoms with Crippen LogP contribution in [0.25, 0.3) is 0 Å². The summed E-state index contributed by atoms with van der Waals surface area (Å²) in [5.41, 5.74) is 0.196. The number of rotatable bonds is 7. The number of benzene rings is 1. The number of hydrogen-bond donors (Lipinski definition) is 2. The molecule has 0 aliphatic heterocycles. The van der Waals surface area contributed by atoms with Crippen molar-refractivity contribution in [1.29, 1.82) is 0 Å². The maximum Gasteiger partial charge on any atom is 0.258 e. The molecule has 0 radical (unpaired) electrons. The first-order chi connectivity index (χ1) is 13.5. The molecular weight excluding hydrogens is 382 g/mol. The summed E-state index contributed by atoms with van der Waals surface area (Å²) in [6.45, 7) is 0. The summed E-state index contributed by atoms with van der Waals surface area (Å²) >= 11 is 1.12. The molecule has 1 saturated carbocycles. The van der Waals surface area contributed by atoms with Gasteiger partial charge in [0.15, 0.2) is 5.16 Å². The highest BCUT2D eigenvalue weighted by molar-refractivity contribution is 7.99. The zero-order valence-corrected chi connectivity index (χ0v) is 16.6. The van der Waals surface area contributed by atoms with Gasteiger partial charge >= 0.3 is 0 Å². The highest BCUT2D eigenvalue weighted by Gasteiger charge is 2.22. The fraction of sp³-hybridized carbons (Fsp3) is 0.421. The van der Waals surface area contributed by atoms with Crippen LogP contribution in [-0.2, 0) is 4.79 Å². The number of carbonyl (C=O) groups excluding carboxylic acids is 1. The van der Waals surface area contributed by atoms with E-state index < -0.39 is 0 Å². The zero-order chi connectivity index (χ0) is 20.1. The third-order valence-corrected chi connectivity index (χ3v) is 5.56. The first-order valence-electron chi connectivity index (χ1n) is 8.99. The maximum absolute atomic E-state index is 12.5. The van der Waals surface area contributed by atoms with Crippen molar-refractivity contribution in [2.24, 2.45) is 0 Å². The Morgan fingerprint density at radius 3 is 2.71 bits per heavy atom. The van der Waals surface area contributed by atoms with Gasteiger partial charge in [0.25, 0.3) is 5.56 Å². The molecule has 0 spiro atoms. The van der Waals surface area contributed by atoms with Crippen molar-refractivity contribution in [1.82, 2.24) is 9.55 Å². The molecule has 3 rings (SSSR count). The summed E-state index contributed by atoms with van der Waals surface area (Å²) in [6.07, 6.45) is 3.90. The minimum Gasteiger partial charge on any atom is -0.497 e. The van der Waals surface area contributed by atoms with E-state index in [0.29, 0.717) is 22.3 Å². The minimum absolute atomic E-state index is 0.0307. The summed E-state index contributed by atoms with van der Waals surface area (Å²) in [5.74, 6) is 0.512. The first-order valence-corrected chi connectivity index (χ1v) is 9.97. The molecule has 0 bridgehead atoms. The molecule has 2 N–H and O–H groups in total. The predicted molar refractivity (Wildman–Crippen MR) is 107 cm³/mol. The van der Waals surface area contributed by atoms with Crippen molar-refractivity contribution < 1.29 is 19.4 Å². The summed E-state index contributed by atoms with van der Waals surface area (Å²) in [6, 6.07) is 6.28. The van der Waals surface area contributed by atoms with Crippen LogP contribution in [0.2, 0.25) is 0 Å². The molecule has 28 heavy (non-hydrogen) atoms. The first kappa shape index (κ1) is 20.1. The fourth-order valence-corrected chi connectivity index (χ4v) is 4.16. The van der Waals surface area contributed by atoms with Gasteiger partial charge in [0.05, 0.1) is 31.7 Å². The number of hydrogen-bond acceptors (Lipinski definition) is 7. The van der Waals surface area contributed by atoms with E-state index in [1.54, 1.807) is 29.9 Å². The lowest BCUT2D eigenvalue weighted by Crippen LogP contribution is -2.26. The molecule has 1 amide bonds. The van der Waals surface area contributed by atoms with Gasteiger partial charge in [-0.05, 0) is 25.0 Å². The van der Waals surface area contributed by atoms with Crippen molar-refractivity contribution in [3.8, 4) is 17.4 Å². The molecule has 9 heteroatoms. The van der Waals surface area contributed by atoms with Crippen molar-refractivity contribution in [2.75, 3.05) is 25.3 Å². The Morgan fingerprint density at radius 1 is 1.29 bits per heavy atom. The van der Waals surface area contributed by atoms with E-state index in [0.717, 1.165) is 43.5 Å². The normalized spacial score (nSPS) is 14.1. The van der Waals surface area contributed by atoms with E-state index in [-0.39, 0.29) is 29.1 Å². The number of ether oxygens (including phenoxy) is 2. The Hall–Kier alpha value is -2.68. The molecule has 2 aromatic rings. The van der Waals surface area contributed by atoms with Crippen LogP contribution in [0, 0.1) is 0 Å². The van der Waals surface area contributed by atoms with Gasteiger partial charge in [0, 0.05) is 12.1 Å². The van der Waals surface area contributed by atoms with Crippen LogP contribution in [0.1, 0.15) is 31.7 Å². The summed E-state index contributed by atoms with van der Waals surface area (Å²) in [4.78, 5) is 28.9. The lowest BCUT2D eigenvalue weighted by molar-refractivity contribution is -0.113. The second kappa shape index (κ2) is 9.01. The van der Waals surface area contributed by atoms with Gasteiger partial charge in [-0.2, -0.15) is 4.98 Å². The number of carbonyl (C=O) groups is 1. The van der Waals surface area contributed by atoms with Gasteiger partial charge < -0.3 is 19.9 Å². The Balaban J connectivity index is 1.74. The molecule has 8 nitrogen and oxygen atoms in total. The Morgan fingerprint density at radius 2 is 2.04 bits per heavy atom. The van der Waals surface area contributed by atoms with E-state index in [9.17, 15) is 14.7 Å². The van der Waals surface area contributed by atoms with E-state index in [2.05, 4.69) is 10.3 Å². The highest BCUT2D eigenvalue weighted by Crippen LogP contribution is 2.32. The Labute approximate surface area is 166 Å². The monoisotopic (exact) mass is 405 g/mol. The summed E-state index contributed by atoms with van der Waals surface area (Å²) < 4.78 is 12.0. The van der Waals surface area contributed by atoms with Gasteiger partial charge in [0.2, 0.25) is 11.8 Å². The fourth-order valence-electron chi connectivity index (χ4n) is 3.29. The topological polar surface area (TPSA) is 103 Å². The smallest absolute Gasteiger partial charge is 0.258 e. The number of methoxy groups -OCH3 is 2.